The van der Waals surface area contributed by atoms with Crippen LogP contribution in [0.25, 0.3) is 10.6 Å². The topological polar surface area (TPSA) is 77.5 Å². The molecule has 0 unspecified atom stereocenters. The first-order valence-corrected chi connectivity index (χ1v) is 10.4. The predicted octanol–water partition coefficient (Wildman–Crippen LogP) is 4.17. The molecule has 0 amide bonds. The third-order valence-corrected chi connectivity index (χ3v) is 5.47. The SMILES string of the molecule is CCOC(=O)C1=C(C)NC(C)=C(C(=O)OCC)C1c1cccc(-c2nccs2)c1. The van der Waals surface area contributed by atoms with E-state index in [9.17, 15) is 9.59 Å². The highest BCUT2D eigenvalue weighted by atomic mass is 32.1. The lowest BCUT2D eigenvalue weighted by atomic mass is 9.80. The standard InChI is InChI=1S/C22H24N2O4S/c1-5-27-21(25)17-13(3)24-14(4)18(22(26)28-6-2)19(17)15-8-7-9-16(12-15)20-23-10-11-29-20/h7-12,19,24H,5-6H2,1-4H3. The maximum atomic E-state index is 12.8. The van der Waals surface area contributed by atoms with E-state index < -0.39 is 17.9 Å². The predicted molar refractivity (Wildman–Crippen MR) is 112 cm³/mol. The first kappa shape index (κ1) is 20.8. The van der Waals surface area contributed by atoms with Crippen LogP contribution in [0, 0.1) is 0 Å². The smallest absolute Gasteiger partial charge is 0.336 e. The van der Waals surface area contributed by atoms with Gasteiger partial charge in [-0.15, -0.1) is 11.3 Å². The zero-order valence-corrected chi connectivity index (χ0v) is 17.8. The summed E-state index contributed by atoms with van der Waals surface area (Å²) in [5.74, 6) is -1.48. The zero-order valence-electron chi connectivity index (χ0n) is 16.9. The molecule has 1 aromatic carbocycles. The highest BCUT2D eigenvalue weighted by Gasteiger charge is 2.38. The fourth-order valence-corrected chi connectivity index (χ4v) is 4.14. The van der Waals surface area contributed by atoms with Gasteiger partial charge in [-0.2, -0.15) is 0 Å². The van der Waals surface area contributed by atoms with Gasteiger partial charge in [0.1, 0.15) is 5.01 Å². The van der Waals surface area contributed by atoms with Crippen molar-refractivity contribution in [1.82, 2.24) is 10.3 Å². The number of allylic oxidation sites excluding steroid dienone is 2. The Kier molecular flexibility index (Phi) is 6.49. The summed E-state index contributed by atoms with van der Waals surface area (Å²) in [6.07, 6.45) is 1.75. The van der Waals surface area contributed by atoms with Crippen LogP contribution in [-0.4, -0.2) is 30.1 Å². The van der Waals surface area contributed by atoms with E-state index in [0.29, 0.717) is 22.5 Å². The minimum Gasteiger partial charge on any atom is -0.463 e. The minimum absolute atomic E-state index is 0.249. The summed E-state index contributed by atoms with van der Waals surface area (Å²) in [6.45, 7) is 7.65. The van der Waals surface area contributed by atoms with Gasteiger partial charge in [0.2, 0.25) is 0 Å². The third kappa shape index (κ3) is 4.24. The van der Waals surface area contributed by atoms with Crippen molar-refractivity contribution < 1.29 is 19.1 Å². The maximum Gasteiger partial charge on any atom is 0.336 e. The fourth-order valence-electron chi connectivity index (χ4n) is 3.50. The lowest BCUT2D eigenvalue weighted by molar-refractivity contribution is -0.139. The van der Waals surface area contributed by atoms with Gasteiger partial charge in [-0.1, -0.05) is 18.2 Å². The third-order valence-electron chi connectivity index (χ3n) is 4.65. The molecule has 0 aliphatic carbocycles. The molecule has 3 rings (SSSR count). The van der Waals surface area contributed by atoms with E-state index in [4.69, 9.17) is 9.47 Å². The quantitative estimate of drug-likeness (QED) is 0.718. The largest absolute Gasteiger partial charge is 0.463 e. The lowest BCUT2D eigenvalue weighted by Gasteiger charge is -2.30. The molecule has 152 valence electrons. The number of carbonyl (C=O) groups excluding carboxylic acids is 2. The molecular formula is C22H24N2O4S. The molecule has 7 heteroatoms. The van der Waals surface area contributed by atoms with Gasteiger partial charge >= 0.3 is 11.9 Å². The molecule has 0 bridgehead atoms. The number of ether oxygens (including phenoxy) is 2. The number of hydrogen-bond donors (Lipinski definition) is 1. The molecule has 2 aromatic rings. The molecule has 6 nitrogen and oxygen atoms in total. The number of rotatable bonds is 6. The van der Waals surface area contributed by atoms with Gasteiger partial charge < -0.3 is 14.8 Å². The molecule has 1 aliphatic rings. The Hall–Kier alpha value is -2.93. The van der Waals surface area contributed by atoms with Crippen LogP contribution in [-0.2, 0) is 19.1 Å². The zero-order chi connectivity index (χ0) is 21.0. The molecular weight excluding hydrogens is 388 g/mol. The minimum atomic E-state index is -0.589. The van der Waals surface area contributed by atoms with Gasteiger partial charge in [0.05, 0.1) is 30.3 Å². The Balaban J connectivity index is 2.17. The first-order chi connectivity index (χ1) is 14.0. The van der Waals surface area contributed by atoms with Gasteiger partial charge in [-0.05, 0) is 39.3 Å². The van der Waals surface area contributed by atoms with Crippen LogP contribution in [0.5, 0.6) is 0 Å². The summed E-state index contributed by atoms with van der Waals surface area (Å²) < 4.78 is 10.6. The summed E-state index contributed by atoms with van der Waals surface area (Å²) in [7, 11) is 0. The Morgan fingerprint density at radius 2 is 1.69 bits per heavy atom. The molecule has 0 fully saturated rings. The van der Waals surface area contributed by atoms with Gasteiger partial charge in [-0.25, -0.2) is 14.6 Å². The molecule has 0 atom stereocenters. The van der Waals surface area contributed by atoms with Crippen LogP contribution in [0.3, 0.4) is 0 Å². The Morgan fingerprint density at radius 1 is 1.07 bits per heavy atom. The fraction of sp³-hybridized carbons (Fsp3) is 0.318. The van der Waals surface area contributed by atoms with Gasteiger partial charge in [0.15, 0.2) is 0 Å². The molecule has 1 aliphatic heterocycles. The molecule has 0 saturated carbocycles. The highest BCUT2D eigenvalue weighted by Crippen LogP contribution is 2.40. The van der Waals surface area contributed by atoms with Crippen molar-refractivity contribution in [1.29, 1.82) is 0 Å². The van der Waals surface area contributed by atoms with Crippen LogP contribution < -0.4 is 5.32 Å². The molecule has 0 saturated heterocycles. The van der Waals surface area contributed by atoms with E-state index in [1.54, 1.807) is 20.0 Å². The summed E-state index contributed by atoms with van der Waals surface area (Å²) in [6, 6.07) is 7.74. The second-order valence-electron chi connectivity index (χ2n) is 6.54. The number of esters is 2. The molecule has 0 spiro atoms. The van der Waals surface area contributed by atoms with E-state index in [1.807, 2.05) is 43.5 Å². The van der Waals surface area contributed by atoms with E-state index in [1.165, 1.54) is 11.3 Å². The van der Waals surface area contributed by atoms with Crippen LogP contribution >= 0.6 is 11.3 Å². The van der Waals surface area contributed by atoms with E-state index in [2.05, 4.69) is 10.3 Å². The first-order valence-electron chi connectivity index (χ1n) is 9.50. The number of aromatic nitrogens is 1. The van der Waals surface area contributed by atoms with Crippen molar-refractivity contribution in [2.75, 3.05) is 13.2 Å². The maximum absolute atomic E-state index is 12.8. The number of thiazole rings is 1. The molecule has 29 heavy (non-hydrogen) atoms. The second kappa shape index (κ2) is 9.05. The number of carbonyl (C=O) groups is 2. The number of nitrogens with zero attached hydrogens (tertiary/aromatic N) is 1. The summed E-state index contributed by atoms with van der Waals surface area (Å²) in [4.78, 5) is 30.0. The second-order valence-corrected chi connectivity index (χ2v) is 7.43. The van der Waals surface area contributed by atoms with Crippen molar-refractivity contribution in [2.45, 2.75) is 33.6 Å². The average molecular weight is 413 g/mol. The van der Waals surface area contributed by atoms with E-state index in [0.717, 1.165) is 16.1 Å². The summed E-state index contributed by atoms with van der Waals surface area (Å²) in [5, 5.41) is 5.93. The Morgan fingerprint density at radius 3 is 2.21 bits per heavy atom. The summed E-state index contributed by atoms with van der Waals surface area (Å²) in [5.41, 5.74) is 3.90. The van der Waals surface area contributed by atoms with Crippen LogP contribution in [0.1, 0.15) is 39.2 Å². The highest BCUT2D eigenvalue weighted by molar-refractivity contribution is 7.13. The van der Waals surface area contributed by atoms with Gasteiger partial charge in [-0.3, -0.25) is 0 Å². The monoisotopic (exact) mass is 412 g/mol. The normalized spacial score (nSPS) is 14.6. The number of nitrogens with one attached hydrogen (secondary N) is 1. The number of benzene rings is 1. The van der Waals surface area contributed by atoms with Crippen molar-refractivity contribution in [3.05, 3.63) is 63.9 Å². The molecule has 2 heterocycles. The Labute approximate surface area is 174 Å². The van der Waals surface area contributed by atoms with Crippen LogP contribution in [0.15, 0.2) is 58.4 Å². The number of hydrogen-bond acceptors (Lipinski definition) is 7. The lowest BCUT2D eigenvalue weighted by Crippen LogP contribution is -2.32. The molecule has 1 aromatic heterocycles. The van der Waals surface area contributed by atoms with E-state index in [-0.39, 0.29) is 13.2 Å². The summed E-state index contributed by atoms with van der Waals surface area (Å²) >= 11 is 1.53. The van der Waals surface area contributed by atoms with Crippen molar-refractivity contribution in [3.63, 3.8) is 0 Å². The molecule has 0 radical (unpaired) electrons. The van der Waals surface area contributed by atoms with E-state index >= 15 is 0 Å². The Bertz CT molecular complexity index is 936. The van der Waals surface area contributed by atoms with Crippen molar-refractivity contribution in [3.8, 4) is 10.6 Å². The average Bonchev–Trinajstić information content (AvgIpc) is 3.22. The van der Waals surface area contributed by atoms with Crippen LogP contribution in [0.4, 0.5) is 0 Å². The number of dihydropyridines is 1. The van der Waals surface area contributed by atoms with Crippen molar-refractivity contribution in [2.24, 2.45) is 0 Å². The van der Waals surface area contributed by atoms with Crippen LogP contribution in [0.2, 0.25) is 0 Å². The van der Waals surface area contributed by atoms with Gasteiger partial charge in [0, 0.05) is 28.5 Å². The molecule has 1 N–H and O–H groups in total. The van der Waals surface area contributed by atoms with Gasteiger partial charge in [0.25, 0.3) is 0 Å². The van der Waals surface area contributed by atoms with Crippen molar-refractivity contribution >= 4 is 23.3 Å².